The van der Waals surface area contributed by atoms with E-state index in [9.17, 15) is 5.11 Å². The predicted molar refractivity (Wildman–Crippen MR) is 78.9 cm³/mol. The SMILES string of the molecule is Cc1cc(C2C[C@@H](N)c3ccccc3O2)cc(C)c1O. The van der Waals surface area contributed by atoms with Gasteiger partial charge in [-0.2, -0.15) is 0 Å². The molecule has 2 aromatic rings. The van der Waals surface area contributed by atoms with Crippen molar-refractivity contribution < 1.29 is 9.84 Å². The number of nitrogens with two attached hydrogens (primary N) is 1. The molecule has 2 aromatic carbocycles. The third-order valence-electron chi connectivity index (χ3n) is 3.94. The molecule has 20 heavy (non-hydrogen) atoms. The Morgan fingerprint density at radius 2 is 1.80 bits per heavy atom. The quantitative estimate of drug-likeness (QED) is 0.832. The largest absolute Gasteiger partial charge is 0.507 e. The first-order chi connectivity index (χ1) is 9.56. The fourth-order valence-corrected chi connectivity index (χ4v) is 2.83. The van der Waals surface area contributed by atoms with Gasteiger partial charge in [-0.15, -0.1) is 0 Å². The Balaban J connectivity index is 1.98. The van der Waals surface area contributed by atoms with Crippen molar-refractivity contribution in [3.8, 4) is 11.5 Å². The molecule has 0 radical (unpaired) electrons. The number of ether oxygens (including phenoxy) is 1. The lowest BCUT2D eigenvalue weighted by molar-refractivity contribution is 0.161. The van der Waals surface area contributed by atoms with Crippen LogP contribution in [-0.2, 0) is 0 Å². The van der Waals surface area contributed by atoms with Gasteiger partial charge in [0.25, 0.3) is 0 Å². The van der Waals surface area contributed by atoms with Crippen LogP contribution in [0.25, 0.3) is 0 Å². The van der Waals surface area contributed by atoms with Gasteiger partial charge in [0.1, 0.15) is 17.6 Å². The zero-order valence-corrected chi connectivity index (χ0v) is 11.8. The Bertz CT molecular complexity index is 628. The summed E-state index contributed by atoms with van der Waals surface area (Å²) in [5.41, 5.74) is 10.1. The zero-order chi connectivity index (χ0) is 14.3. The number of phenolic OH excluding ortho intramolecular Hbond substituents is 1. The van der Waals surface area contributed by atoms with Gasteiger partial charge in [0.05, 0.1) is 0 Å². The van der Waals surface area contributed by atoms with E-state index in [-0.39, 0.29) is 12.1 Å². The lowest BCUT2D eigenvalue weighted by Crippen LogP contribution is -2.24. The summed E-state index contributed by atoms with van der Waals surface area (Å²) in [6.45, 7) is 3.81. The average Bonchev–Trinajstić information content (AvgIpc) is 2.44. The number of benzene rings is 2. The van der Waals surface area contributed by atoms with E-state index < -0.39 is 0 Å². The Hall–Kier alpha value is -2.00. The Kier molecular flexibility index (Phi) is 3.14. The summed E-state index contributed by atoms with van der Waals surface area (Å²) < 4.78 is 6.08. The maximum absolute atomic E-state index is 9.87. The molecule has 1 aliphatic heterocycles. The van der Waals surface area contributed by atoms with Crippen LogP contribution in [0.15, 0.2) is 36.4 Å². The molecule has 2 atom stereocenters. The number of hydrogen-bond acceptors (Lipinski definition) is 3. The maximum Gasteiger partial charge on any atom is 0.126 e. The first-order valence-electron chi connectivity index (χ1n) is 6.87. The van der Waals surface area contributed by atoms with Crippen LogP contribution in [0.5, 0.6) is 11.5 Å². The highest BCUT2D eigenvalue weighted by atomic mass is 16.5. The number of aromatic hydroxyl groups is 1. The lowest BCUT2D eigenvalue weighted by Gasteiger charge is -2.31. The summed E-state index contributed by atoms with van der Waals surface area (Å²) in [5.74, 6) is 1.22. The number of fused-ring (bicyclic) bond motifs is 1. The molecule has 0 bridgehead atoms. The van der Waals surface area contributed by atoms with Crippen molar-refractivity contribution in [1.29, 1.82) is 0 Å². The minimum atomic E-state index is -0.0575. The zero-order valence-electron chi connectivity index (χ0n) is 11.8. The summed E-state index contributed by atoms with van der Waals surface area (Å²) in [6.07, 6.45) is 0.693. The van der Waals surface area contributed by atoms with Crippen LogP contribution in [-0.4, -0.2) is 5.11 Å². The predicted octanol–water partition coefficient (Wildman–Crippen LogP) is 3.53. The molecule has 1 aliphatic rings. The van der Waals surface area contributed by atoms with E-state index in [0.717, 1.165) is 34.4 Å². The van der Waals surface area contributed by atoms with E-state index in [0.29, 0.717) is 5.75 Å². The van der Waals surface area contributed by atoms with Gasteiger partial charge in [0.15, 0.2) is 0 Å². The molecule has 0 aliphatic carbocycles. The normalized spacial score (nSPS) is 21.1. The van der Waals surface area contributed by atoms with Crippen LogP contribution < -0.4 is 10.5 Å². The van der Waals surface area contributed by atoms with Crippen molar-refractivity contribution in [1.82, 2.24) is 0 Å². The number of phenols is 1. The molecule has 1 unspecified atom stereocenters. The van der Waals surface area contributed by atoms with Crippen molar-refractivity contribution in [3.63, 3.8) is 0 Å². The minimum absolute atomic E-state index is 0.0145. The third kappa shape index (κ3) is 2.14. The molecule has 0 fully saturated rings. The van der Waals surface area contributed by atoms with Crippen LogP contribution in [0.2, 0.25) is 0 Å². The number of para-hydroxylation sites is 1. The Labute approximate surface area is 119 Å². The van der Waals surface area contributed by atoms with Crippen LogP contribution in [0.1, 0.15) is 40.8 Å². The Morgan fingerprint density at radius 1 is 1.15 bits per heavy atom. The molecule has 3 rings (SSSR count). The smallest absolute Gasteiger partial charge is 0.126 e. The lowest BCUT2D eigenvalue weighted by atomic mass is 9.92. The molecule has 0 saturated heterocycles. The standard InChI is InChI=1S/C17H19NO2/c1-10-7-12(8-11(2)17(10)19)16-9-14(18)13-5-3-4-6-15(13)20-16/h3-8,14,16,19H,9,18H2,1-2H3/t14-,16?/m1/s1. The molecule has 0 spiro atoms. The summed E-state index contributed by atoms with van der Waals surface area (Å²) in [4.78, 5) is 0. The molecular weight excluding hydrogens is 250 g/mol. The minimum Gasteiger partial charge on any atom is -0.507 e. The van der Waals surface area contributed by atoms with Crippen LogP contribution in [0.4, 0.5) is 0 Å². The molecule has 1 heterocycles. The van der Waals surface area contributed by atoms with E-state index in [2.05, 4.69) is 0 Å². The van der Waals surface area contributed by atoms with Crippen LogP contribution in [0.3, 0.4) is 0 Å². The monoisotopic (exact) mass is 269 g/mol. The van der Waals surface area contributed by atoms with E-state index in [1.165, 1.54) is 0 Å². The molecule has 0 amide bonds. The van der Waals surface area contributed by atoms with Gasteiger partial charge in [-0.3, -0.25) is 0 Å². The number of aryl methyl sites for hydroxylation is 2. The first-order valence-corrected chi connectivity index (χ1v) is 6.87. The van der Waals surface area contributed by atoms with Gasteiger partial charge < -0.3 is 15.6 Å². The van der Waals surface area contributed by atoms with E-state index in [4.69, 9.17) is 10.5 Å². The molecule has 0 aromatic heterocycles. The van der Waals surface area contributed by atoms with Gasteiger partial charge in [-0.05, 0) is 48.7 Å². The van der Waals surface area contributed by atoms with Crippen LogP contribution in [0, 0.1) is 13.8 Å². The summed E-state index contributed by atoms with van der Waals surface area (Å²) in [7, 11) is 0. The van der Waals surface area contributed by atoms with Crippen LogP contribution >= 0.6 is 0 Å². The summed E-state index contributed by atoms with van der Waals surface area (Å²) >= 11 is 0. The summed E-state index contributed by atoms with van der Waals surface area (Å²) in [6, 6.07) is 11.9. The Morgan fingerprint density at radius 3 is 2.50 bits per heavy atom. The molecule has 3 heteroatoms. The summed E-state index contributed by atoms with van der Waals surface area (Å²) in [5, 5.41) is 9.87. The fraction of sp³-hybridized carbons (Fsp3) is 0.294. The maximum atomic E-state index is 9.87. The van der Waals surface area contributed by atoms with Gasteiger partial charge in [-0.25, -0.2) is 0 Å². The molecule has 3 N–H and O–H groups in total. The highest BCUT2D eigenvalue weighted by molar-refractivity contribution is 5.44. The topological polar surface area (TPSA) is 55.5 Å². The highest BCUT2D eigenvalue weighted by Gasteiger charge is 2.27. The van der Waals surface area contributed by atoms with Crippen molar-refractivity contribution in [2.24, 2.45) is 5.73 Å². The second-order valence-electron chi connectivity index (χ2n) is 5.49. The van der Waals surface area contributed by atoms with Gasteiger partial charge >= 0.3 is 0 Å². The van der Waals surface area contributed by atoms with Crippen molar-refractivity contribution in [2.75, 3.05) is 0 Å². The van der Waals surface area contributed by atoms with Crippen molar-refractivity contribution in [3.05, 3.63) is 58.7 Å². The number of rotatable bonds is 1. The van der Waals surface area contributed by atoms with Crippen molar-refractivity contribution in [2.45, 2.75) is 32.4 Å². The van der Waals surface area contributed by atoms with Gasteiger partial charge in [-0.1, -0.05) is 18.2 Å². The second kappa shape index (κ2) is 4.84. The second-order valence-corrected chi connectivity index (χ2v) is 5.49. The molecule has 104 valence electrons. The van der Waals surface area contributed by atoms with E-state index in [1.807, 2.05) is 50.2 Å². The first kappa shape index (κ1) is 13.0. The molecular formula is C17H19NO2. The molecule has 0 saturated carbocycles. The average molecular weight is 269 g/mol. The van der Waals surface area contributed by atoms with Gasteiger partial charge in [0.2, 0.25) is 0 Å². The highest BCUT2D eigenvalue weighted by Crippen LogP contribution is 2.40. The third-order valence-corrected chi connectivity index (χ3v) is 3.94. The number of hydrogen-bond donors (Lipinski definition) is 2. The van der Waals surface area contributed by atoms with Gasteiger partial charge in [0, 0.05) is 18.0 Å². The van der Waals surface area contributed by atoms with E-state index >= 15 is 0 Å². The molecule has 3 nitrogen and oxygen atoms in total. The van der Waals surface area contributed by atoms with Crippen molar-refractivity contribution >= 4 is 0 Å². The van der Waals surface area contributed by atoms with E-state index in [1.54, 1.807) is 0 Å². The fourth-order valence-electron chi connectivity index (χ4n) is 2.83.